The molecule has 0 fully saturated rings. The van der Waals surface area contributed by atoms with E-state index in [1.54, 1.807) is 6.20 Å². The van der Waals surface area contributed by atoms with Crippen molar-refractivity contribution in [2.45, 2.75) is 18.4 Å². The Bertz CT molecular complexity index is 712. The van der Waals surface area contributed by atoms with Crippen LogP contribution in [0.5, 0.6) is 0 Å². The minimum absolute atomic E-state index is 0.0402. The van der Waals surface area contributed by atoms with Crippen molar-refractivity contribution in [3.8, 4) is 0 Å². The summed E-state index contributed by atoms with van der Waals surface area (Å²) < 4.78 is 27.7. The average molecular weight is 284 g/mol. The average Bonchev–Trinajstić information content (AvgIpc) is 2.97. The third kappa shape index (κ3) is 1.94. The number of aromatic nitrogens is 1. The molecule has 1 aliphatic carbocycles. The zero-order valence-corrected chi connectivity index (χ0v) is 11.3. The number of anilines is 1. The number of fused-ring (bicyclic) bond motifs is 3. The molecule has 2 aromatic rings. The molecule has 1 N–H and O–H groups in total. The van der Waals surface area contributed by atoms with E-state index in [-0.39, 0.29) is 17.9 Å². The fraction of sp³-hybridized carbons (Fsp3) is 0.235. The Kier molecular flexibility index (Phi) is 2.77. The molecule has 2 heterocycles. The van der Waals surface area contributed by atoms with E-state index in [9.17, 15) is 8.78 Å². The van der Waals surface area contributed by atoms with Crippen LogP contribution in [0.4, 0.5) is 14.5 Å². The fourth-order valence-corrected chi connectivity index (χ4v) is 3.47. The first-order valence-corrected chi connectivity index (χ1v) is 7.07. The van der Waals surface area contributed by atoms with Gasteiger partial charge in [0.05, 0.1) is 17.4 Å². The van der Waals surface area contributed by atoms with Crippen molar-refractivity contribution < 1.29 is 8.78 Å². The lowest BCUT2D eigenvalue weighted by Crippen LogP contribution is -2.30. The van der Waals surface area contributed by atoms with Gasteiger partial charge in [-0.15, -0.1) is 0 Å². The number of hydrogen-bond donors (Lipinski definition) is 1. The van der Waals surface area contributed by atoms with Gasteiger partial charge in [0, 0.05) is 18.2 Å². The van der Waals surface area contributed by atoms with Crippen molar-refractivity contribution in [2.75, 3.05) is 5.32 Å². The summed E-state index contributed by atoms with van der Waals surface area (Å²) in [5, 5.41) is 3.24. The van der Waals surface area contributed by atoms with Crippen LogP contribution in [0.1, 0.15) is 29.6 Å². The molecular weight excluding hydrogens is 270 g/mol. The number of nitrogens with one attached hydrogen (secondary N) is 1. The van der Waals surface area contributed by atoms with Crippen molar-refractivity contribution in [2.24, 2.45) is 5.92 Å². The first kappa shape index (κ1) is 12.5. The number of benzene rings is 1. The fourth-order valence-electron chi connectivity index (χ4n) is 3.47. The predicted octanol–water partition coefficient (Wildman–Crippen LogP) is 4.19. The monoisotopic (exact) mass is 284 g/mol. The second kappa shape index (κ2) is 4.65. The van der Waals surface area contributed by atoms with Crippen molar-refractivity contribution in [3.05, 3.63) is 71.6 Å². The van der Waals surface area contributed by atoms with Crippen LogP contribution in [0.3, 0.4) is 0 Å². The quantitative estimate of drug-likeness (QED) is 0.794. The van der Waals surface area contributed by atoms with Gasteiger partial charge in [-0.2, -0.15) is 0 Å². The summed E-state index contributed by atoms with van der Waals surface area (Å²) >= 11 is 0. The summed E-state index contributed by atoms with van der Waals surface area (Å²) in [6.07, 6.45) is 6.77. The molecule has 4 rings (SSSR count). The lowest BCUT2D eigenvalue weighted by molar-refractivity contribution is 0.412. The Morgan fingerprint density at radius 3 is 2.90 bits per heavy atom. The van der Waals surface area contributed by atoms with Gasteiger partial charge in [0.2, 0.25) is 0 Å². The summed E-state index contributed by atoms with van der Waals surface area (Å²) in [6, 6.07) is 8.05. The Morgan fingerprint density at radius 2 is 2.10 bits per heavy atom. The number of halogens is 2. The summed E-state index contributed by atoms with van der Waals surface area (Å²) in [5.41, 5.74) is 2.00. The summed E-state index contributed by atoms with van der Waals surface area (Å²) in [6.45, 7) is 0. The molecule has 4 heteroatoms. The molecule has 3 atom stereocenters. The van der Waals surface area contributed by atoms with Gasteiger partial charge in [0.15, 0.2) is 0 Å². The van der Waals surface area contributed by atoms with Crippen LogP contribution >= 0.6 is 0 Å². The van der Waals surface area contributed by atoms with E-state index >= 15 is 0 Å². The zero-order chi connectivity index (χ0) is 14.4. The van der Waals surface area contributed by atoms with Crippen molar-refractivity contribution in [3.63, 3.8) is 0 Å². The van der Waals surface area contributed by atoms with Gasteiger partial charge in [-0.3, -0.25) is 4.98 Å². The van der Waals surface area contributed by atoms with Crippen molar-refractivity contribution >= 4 is 5.69 Å². The Hall–Kier alpha value is -2.23. The molecule has 1 aliphatic heterocycles. The maximum atomic E-state index is 14.1. The van der Waals surface area contributed by atoms with Gasteiger partial charge < -0.3 is 5.32 Å². The SMILES string of the molecule is Fc1cc(F)c2c(c1)[C@H]1C=CC[C@@H]1[C@@H](c1ccccn1)N2. The summed E-state index contributed by atoms with van der Waals surface area (Å²) in [7, 11) is 0. The van der Waals surface area contributed by atoms with E-state index in [0.29, 0.717) is 11.3 Å². The molecule has 0 unspecified atom stereocenters. The molecule has 0 spiro atoms. The molecule has 0 saturated heterocycles. The van der Waals surface area contributed by atoms with Crippen LogP contribution < -0.4 is 5.32 Å². The maximum absolute atomic E-state index is 14.1. The Balaban J connectivity index is 1.84. The molecule has 21 heavy (non-hydrogen) atoms. The highest BCUT2D eigenvalue weighted by Gasteiger charge is 2.39. The van der Waals surface area contributed by atoms with Crippen LogP contribution in [0, 0.1) is 17.6 Å². The van der Waals surface area contributed by atoms with E-state index < -0.39 is 11.6 Å². The second-order valence-corrected chi connectivity index (χ2v) is 5.58. The molecule has 0 amide bonds. The van der Waals surface area contributed by atoms with Crippen LogP contribution in [0.2, 0.25) is 0 Å². The van der Waals surface area contributed by atoms with Gasteiger partial charge >= 0.3 is 0 Å². The van der Waals surface area contributed by atoms with E-state index in [4.69, 9.17) is 0 Å². The first-order valence-electron chi connectivity index (χ1n) is 7.07. The van der Waals surface area contributed by atoms with E-state index in [0.717, 1.165) is 18.2 Å². The number of nitrogens with zero attached hydrogens (tertiary/aromatic N) is 1. The van der Waals surface area contributed by atoms with E-state index in [1.165, 1.54) is 6.07 Å². The molecule has 2 nitrogen and oxygen atoms in total. The molecule has 1 aromatic carbocycles. The normalized spacial score (nSPS) is 26.1. The number of rotatable bonds is 1. The molecule has 0 radical (unpaired) electrons. The van der Waals surface area contributed by atoms with Crippen molar-refractivity contribution in [1.82, 2.24) is 4.98 Å². The van der Waals surface area contributed by atoms with Gasteiger partial charge in [-0.25, -0.2) is 8.78 Å². The lowest BCUT2D eigenvalue weighted by atomic mass is 9.78. The lowest BCUT2D eigenvalue weighted by Gasteiger charge is -2.37. The van der Waals surface area contributed by atoms with Crippen molar-refractivity contribution in [1.29, 1.82) is 0 Å². The number of pyridine rings is 1. The van der Waals surface area contributed by atoms with Gasteiger partial charge in [-0.1, -0.05) is 18.2 Å². The topological polar surface area (TPSA) is 24.9 Å². The van der Waals surface area contributed by atoms with Gasteiger partial charge in [0.1, 0.15) is 11.6 Å². The molecule has 2 aliphatic rings. The van der Waals surface area contributed by atoms with Crippen LogP contribution in [0.25, 0.3) is 0 Å². The summed E-state index contributed by atoms with van der Waals surface area (Å²) in [4.78, 5) is 4.40. The predicted molar refractivity (Wildman–Crippen MR) is 76.9 cm³/mol. The minimum Gasteiger partial charge on any atom is -0.374 e. The van der Waals surface area contributed by atoms with Crippen LogP contribution in [-0.4, -0.2) is 4.98 Å². The summed E-state index contributed by atoms with van der Waals surface area (Å²) in [5.74, 6) is -0.778. The highest BCUT2D eigenvalue weighted by atomic mass is 19.1. The van der Waals surface area contributed by atoms with Gasteiger partial charge in [0.25, 0.3) is 0 Å². The smallest absolute Gasteiger partial charge is 0.149 e. The molecule has 0 bridgehead atoms. The third-order valence-electron chi connectivity index (χ3n) is 4.39. The van der Waals surface area contributed by atoms with Crippen LogP contribution in [0.15, 0.2) is 48.7 Å². The third-order valence-corrected chi connectivity index (χ3v) is 4.39. The van der Waals surface area contributed by atoms with Gasteiger partial charge in [-0.05, 0) is 36.1 Å². The minimum atomic E-state index is -0.537. The zero-order valence-electron chi connectivity index (χ0n) is 11.3. The number of hydrogen-bond acceptors (Lipinski definition) is 2. The Labute approximate surface area is 121 Å². The number of allylic oxidation sites excluding steroid dienone is 2. The first-order chi connectivity index (χ1) is 10.2. The highest BCUT2D eigenvalue weighted by Crippen LogP contribution is 2.50. The second-order valence-electron chi connectivity index (χ2n) is 5.58. The largest absolute Gasteiger partial charge is 0.374 e. The molecule has 1 aromatic heterocycles. The highest BCUT2D eigenvalue weighted by molar-refractivity contribution is 5.60. The molecular formula is C17H14F2N2. The van der Waals surface area contributed by atoms with E-state index in [1.807, 2.05) is 18.2 Å². The van der Waals surface area contributed by atoms with Crippen LogP contribution in [-0.2, 0) is 0 Å². The molecule has 0 saturated carbocycles. The standard InChI is InChI=1S/C17H14F2N2/c18-10-8-13-11-4-3-5-12(11)17(15-6-1-2-7-20-15)21-16(13)14(19)9-10/h1-4,6-9,11-12,17,21H,5H2/t11-,12-,17-/m0/s1. The Morgan fingerprint density at radius 1 is 1.19 bits per heavy atom. The maximum Gasteiger partial charge on any atom is 0.149 e. The van der Waals surface area contributed by atoms with E-state index in [2.05, 4.69) is 22.5 Å². The molecule has 106 valence electrons.